The van der Waals surface area contributed by atoms with Crippen LogP contribution >= 0.6 is 7.82 Å². The molecule has 0 aliphatic heterocycles. The molecule has 0 saturated heterocycles. The van der Waals surface area contributed by atoms with Crippen molar-refractivity contribution in [1.82, 2.24) is 0 Å². The summed E-state index contributed by atoms with van der Waals surface area (Å²) in [5.41, 5.74) is 0. The molecule has 3 N–H and O–H groups in total. The van der Waals surface area contributed by atoms with Gasteiger partial charge in [0.2, 0.25) is 0 Å². The maximum absolute atomic E-state index is 12.6. The Labute approximate surface area is 355 Å². The van der Waals surface area contributed by atoms with Crippen LogP contribution in [0.4, 0.5) is 0 Å². The zero-order valence-corrected chi connectivity index (χ0v) is 37.9. The standard InChI is InChI=1S/C48H87O9P/c1-3-5-7-9-11-13-15-17-19-20-21-22-23-24-25-26-27-28-30-32-34-36-38-40-48(51)57-47(45-56-58(52,53)55-43-46(50)42-49)44-54-41-39-37-35-33-31-29-18-16-14-12-10-8-6-4-2/h5,7,11,13-14,16-17,19,21-22,46-47,49-50H,3-4,6,8-10,12,15,18,20,23-45H2,1-2H3,(H,52,53)/b7-5-,13-11-,16-14-,19-17-,22-21-. The molecule has 338 valence electrons. The van der Waals surface area contributed by atoms with Crippen molar-refractivity contribution < 1.29 is 43.0 Å². The molecular formula is C48H87O9P. The smallest absolute Gasteiger partial charge is 0.457 e. The maximum atomic E-state index is 12.6. The van der Waals surface area contributed by atoms with Crippen LogP contribution in [0.3, 0.4) is 0 Å². The van der Waals surface area contributed by atoms with E-state index in [1.165, 1.54) is 89.9 Å². The third kappa shape index (κ3) is 43.7. The van der Waals surface area contributed by atoms with Gasteiger partial charge in [0.25, 0.3) is 0 Å². The number of aliphatic hydroxyl groups is 2. The number of hydrogen-bond donors (Lipinski definition) is 3. The Morgan fingerprint density at radius 2 is 0.983 bits per heavy atom. The first-order valence-corrected chi connectivity index (χ1v) is 24.8. The second kappa shape index (κ2) is 44.7. The van der Waals surface area contributed by atoms with E-state index in [-0.39, 0.29) is 19.6 Å². The van der Waals surface area contributed by atoms with Crippen molar-refractivity contribution in [2.75, 3.05) is 33.0 Å². The molecule has 0 spiro atoms. The number of aliphatic hydroxyl groups excluding tert-OH is 2. The highest BCUT2D eigenvalue weighted by atomic mass is 31.2. The first kappa shape index (κ1) is 56.2. The van der Waals surface area contributed by atoms with Gasteiger partial charge in [0.15, 0.2) is 0 Å². The van der Waals surface area contributed by atoms with E-state index in [0.717, 1.165) is 83.5 Å². The molecular weight excluding hydrogens is 751 g/mol. The molecule has 0 rings (SSSR count). The SMILES string of the molecule is CC/C=C\C/C=C\C/C=C\C/C=C\CCCCCCCCCCCCC(=O)OC(COCCCCCCCC/C=C\CCCCCC)COP(=O)(O)OCC(O)CO. The number of phosphoric ester groups is 1. The van der Waals surface area contributed by atoms with Crippen LogP contribution in [0, 0.1) is 0 Å². The molecule has 0 radical (unpaired) electrons. The molecule has 0 heterocycles. The van der Waals surface area contributed by atoms with Gasteiger partial charge in [0, 0.05) is 13.0 Å². The molecule has 0 fully saturated rings. The lowest BCUT2D eigenvalue weighted by Gasteiger charge is -2.20. The van der Waals surface area contributed by atoms with Gasteiger partial charge in [-0.3, -0.25) is 13.8 Å². The van der Waals surface area contributed by atoms with E-state index in [2.05, 4.69) is 74.6 Å². The quantitative estimate of drug-likeness (QED) is 0.0237. The Bertz CT molecular complexity index is 1090. The van der Waals surface area contributed by atoms with Gasteiger partial charge >= 0.3 is 13.8 Å². The van der Waals surface area contributed by atoms with E-state index in [0.29, 0.717) is 6.61 Å². The Balaban J connectivity index is 4.11. The van der Waals surface area contributed by atoms with Gasteiger partial charge < -0.3 is 24.6 Å². The second-order valence-corrected chi connectivity index (χ2v) is 16.8. The van der Waals surface area contributed by atoms with Crippen LogP contribution in [0.2, 0.25) is 0 Å². The highest BCUT2D eigenvalue weighted by Gasteiger charge is 2.26. The molecule has 9 nitrogen and oxygen atoms in total. The molecule has 58 heavy (non-hydrogen) atoms. The van der Waals surface area contributed by atoms with Crippen LogP contribution in [0.5, 0.6) is 0 Å². The average molecular weight is 839 g/mol. The van der Waals surface area contributed by atoms with Gasteiger partial charge in [-0.1, -0.05) is 171 Å². The summed E-state index contributed by atoms with van der Waals surface area (Å²) in [5.74, 6) is -0.391. The van der Waals surface area contributed by atoms with Crippen LogP contribution in [-0.2, 0) is 27.9 Å². The summed E-state index contributed by atoms with van der Waals surface area (Å²) in [4.78, 5) is 22.6. The predicted octanol–water partition coefficient (Wildman–Crippen LogP) is 13.1. The molecule has 0 aliphatic carbocycles. The Morgan fingerprint density at radius 3 is 1.50 bits per heavy atom. The first-order chi connectivity index (χ1) is 28.3. The lowest BCUT2D eigenvalue weighted by atomic mass is 10.0. The largest absolute Gasteiger partial charge is 0.472 e. The number of carbonyl (C=O) groups excluding carboxylic acids is 1. The highest BCUT2D eigenvalue weighted by molar-refractivity contribution is 7.47. The van der Waals surface area contributed by atoms with Crippen LogP contribution in [0.15, 0.2) is 60.8 Å². The molecule has 0 amide bonds. The van der Waals surface area contributed by atoms with Gasteiger partial charge in [-0.05, 0) is 77.0 Å². The van der Waals surface area contributed by atoms with Gasteiger partial charge in [-0.15, -0.1) is 0 Å². The molecule has 10 heteroatoms. The first-order valence-electron chi connectivity index (χ1n) is 23.3. The number of esters is 1. The van der Waals surface area contributed by atoms with Crippen molar-refractivity contribution in [2.45, 2.75) is 206 Å². The van der Waals surface area contributed by atoms with Crippen molar-refractivity contribution in [3.05, 3.63) is 60.8 Å². The lowest BCUT2D eigenvalue weighted by Crippen LogP contribution is -2.29. The predicted molar refractivity (Wildman–Crippen MR) is 242 cm³/mol. The number of carbonyl (C=O) groups is 1. The van der Waals surface area contributed by atoms with E-state index >= 15 is 0 Å². The van der Waals surface area contributed by atoms with Crippen LogP contribution in [-0.4, -0.2) is 66.3 Å². The summed E-state index contributed by atoms with van der Waals surface area (Å²) in [7, 11) is -4.52. The molecule has 0 saturated carbocycles. The Kier molecular flexibility index (Phi) is 43.3. The van der Waals surface area contributed by atoms with Crippen molar-refractivity contribution in [3.8, 4) is 0 Å². The summed E-state index contributed by atoms with van der Waals surface area (Å²) < 4.78 is 33.4. The molecule has 0 aromatic heterocycles. The normalized spacial score (nSPS) is 14.5. The Hall–Kier alpha value is -1.84. The number of unbranched alkanes of at least 4 members (excludes halogenated alkanes) is 20. The third-order valence-corrected chi connectivity index (χ3v) is 10.6. The van der Waals surface area contributed by atoms with Gasteiger partial charge in [-0.2, -0.15) is 0 Å². The van der Waals surface area contributed by atoms with E-state index < -0.39 is 39.2 Å². The van der Waals surface area contributed by atoms with Crippen molar-refractivity contribution >= 4 is 13.8 Å². The topological polar surface area (TPSA) is 132 Å². The number of allylic oxidation sites excluding steroid dienone is 10. The second-order valence-electron chi connectivity index (χ2n) is 15.4. The fraction of sp³-hybridized carbons (Fsp3) is 0.771. The number of hydrogen-bond acceptors (Lipinski definition) is 8. The monoisotopic (exact) mass is 839 g/mol. The molecule has 0 aromatic rings. The molecule has 0 aromatic carbocycles. The minimum Gasteiger partial charge on any atom is -0.457 e. The molecule has 0 bridgehead atoms. The summed E-state index contributed by atoms with van der Waals surface area (Å²) in [5, 5.41) is 18.4. The van der Waals surface area contributed by atoms with Crippen molar-refractivity contribution in [2.24, 2.45) is 0 Å². The lowest BCUT2D eigenvalue weighted by molar-refractivity contribution is -0.154. The summed E-state index contributed by atoms with van der Waals surface area (Å²) in [6, 6.07) is 0. The van der Waals surface area contributed by atoms with Gasteiger partial charge in [0.05, 0.1) is 26.4 Å². The fourth-order valence-electron chi connectivity index (χ4n) is 6.16. The van der Waals surface area contributed by atoms with Gasteiger partial charge in [0.1, 0.15) is 12.2 Å². The van der Waals surface area contributed by atoms with E-state index in [4.69, 9.17) is 23.6 Å². The van der Waals surface area contributed by atoms with Crippen LogP contribution < -0.4 is 0 Å². The number of rotatable bonds is 44. The summed E-state index contributed by atoms with van der Waals surface area (Å²) in [6.07, 6.45) is 51.8. The molecule has 0 aliphatic rings. The molecule has 3 unspecified atom stereocenters. The van der Waals surface area contributed by atoms with E-state index in [1.807, 2.05) is 0 Å². The van der Waals surface area contributed by atoms with E-state index in [1.54, 1.807) is 0 Å². The minimum atomic E-state index is -4.52. The van der Waals surface area contributed by atoms with Crippen LogP contribution in [0.25, 0.3) is 0 Å². The summed E-state index contributed by atoms with van der Waals surface area (Å²) in [6.45, 7) is 3.38. The third-order valence-electron chi connectivity index (χ3n) is 9.69. The Morgan fingerprint density at radius 1 is 0.552 bits per heavy atom. The van der Waals surface area contributed by atoms with Gasteiger partial charge in [-0.25, -0.2) is 4.57 Å². The highest BCUT2D eigenvalue weighted by Crippen LogP contribution is 2.43. The van der Waals surface area contributed by atoms with Crippen molar-refractivity contribution in [1.29, 1.82) is 0 Å². The fourth-order valence-corrected chi connectivity index (χ4v) is 6.95. The zero-order valence-electron chi connectivity index (χ0n) is 37.0. The maximum Gasteiger partial charge on any atom is 0.472 e. The molecule has 3 atom stereocenters. The van der Waals surface area contributed by atoms with Crippen molar-refractivity contribution in [3.63, 3.8) is 0 Å². The number of phosphoric acid groups is 1. The minimum absolute atomic E-state index is 0.0419. The average Bonchev–Trinajstić information content (AvgIpc) is 3.21. The van der Waals surface area contributed by atoms with E-state index in [9.17, 15) is 19.4 Å². The number of ether oxygens (including phenoxy) is 2. The summed E-state index contributed by atoms with van der Waals surface area (Å²) >= 11 is 0. The van der Waals surface area contributed by atoms with Crippen LogP contribution in [0.1, 0.15) is 194 Å². The zero-order chi connectivity index (χ0) is 42.5.